The Hall–Kier alpha value is -1.80. The van der Waals surface area contributed by atoms with Gasteiger partial charge < -0.3 is 11.5 Å². The van der Waals surface area contributed by atoms with Gasteiger partial charge in [-0.3, -0.25) is 29.8 Å². The van der Waals surface area contributed by atoms with Gasteiger partial charge in [-0.25, -0.2) is 0 Å². The van der Waals surface area contributed by atoms with Gasteiger partial charge in [-0.05, 0) is 34.8 Å². The van der Waals surface area contributed by atoms with E-state index in [-0.39, 0.29) is 36.0 Å². The monoisotopic (exact) mass is 774 g/mol. The summed E-state index contributed by atoms with van der Waals surface area (Å²) in [6.07, 6.45) is 2.00. The highest BCUT2D eigenvalue weighted by Crippen LogP contribution is 2.62. The van der Waals surface area contributed by atoms with E-state index in [2.05, 4.69) is 6.58 Å². The van der Waals surface area contributed by atoms with Gasteiger partial charge in [0.15, 0.2) is 0 Å². The molecule has 10 nitrogen and oxygen atoms in total. The number of non-ortho nitro benzene ring substituents is 2. The predicted octanol–water partition coefficient (Wildman–Crippen LogP) is 8.56. The van der Waals surface area contributed by atoms with E-state index in [1.54, 1.807) is 116 Å². The van der Waals surface area contributed by atoms with Crippen LogP contribution in [0.1, 0.15) is 24.0 Å². The number of aryl methyl sites for hydroxylation is 2. The van der Waals surface area contributed by atoms with Gasteiger partial charge in [0, 0.05) is 64.4 Å². The number of rotatable bonds is 21. The minimum atomic E-state index is -0.412. The second-order valence-corrected chi connectivity index (χ2v) is 19.3. The number of carbonyl (C=O) groups is 2. The summed E-state index contributed by atoms with van der Waals surface area (Å²) in [5, 5.41) is 21.9. The van der Waals surface area contributed by atoms with Gasteiger partial charge in [-0.15, -0.1) is 35.3 Å². The van der Waals surface area contributed by atoms with Gasteiger partial charge in [-0.2, -0.15) is 0 Å². The maximum absolute atomic E-state index is 11.3. The number of nitro benzene ring substituents is 2. The fraction of sp³-hybridized carbons (Fsp3) is 0.286. The molecule has 0 aromatic heterocycles. The molecule has 0 radical (unpaired) electrons. The van der Waals surface area contributed by atoms with Gasteiger partial charge in [0.25, 0.3) is 11.4 Å². The van der Waals surface area contributed by atoms with Crippen LogP contribution in [0.3, 0.4) is 0 Å². The quantitative estimate of drug-likeness (QED) is 0.0534. The number of hydrogen-bond donors (Lipinski definition) is 2. The number of nitrogens with two attached hydrogens (primary N) is 2. The minimum Gasteiger partial charge on any atom is -0.370 e. The summed E-state index contributed by atoms with van der Waals surface area (Å²) in [6.45, 7) is 4.29. The molecule has 0 saturated carbocycles. The van der Waals surface area contributed by atoms with E-state index in [4.69, 9.17) is 11.5 Å². The van der Waals surface area contributed by atoms with Gasteiger partial charge >= 0.3 is 0 Å². The van der Waals surface area contributed by atoms with Crippen LogP contribution in [0.4, 0.5) is 11.4 Å². The third-order valence-electron chi connectivity index (χ3n) is 5.63. The summed E-state index contributed by atoms with van der Waals surface area (Å²) in [5.74, 6) is 1.92. The van der Waals surface area contributed by atoms with Gasteiger partial charge in [0.05, 0.1) is 26.8 Å². The van der Waals surface area contributed by atoms with Crippen LogP contribution in [-0.4, -0.2) is 44.7 Å². The summed E-state index contributed by atoms with van der Waals surface area (Å²) in [7, 11) is 3.33. The lowest BCUT2D eigenvalue weighted by atomic mass is 10.1. The molecule has 1 aliphatic rings. The highest BCUT2D eigenvalue weighted by atomic mass is 33.1. The van der Waals surface area contributed by atoms with Gasteiger partial charge in [-0.1, -0.05) is 76.9 Å². The molecule has 46 heavy (non-hydrogen) atoms. The number of nitro groups is 2. The average molecular weight is 775 g/mol. The van der Waals surface area contributed by atoms with E-state index in [0.29, 0.717) is 11.5 Å². The summed E-state index contributed by atoms with van der Waals surface area (Å²) >= 11 is 9.62. The third kappa shape index (κ3) is 14.1. The number of amides is 2. The summed E-state index contributed by atoms with van der Waals surface area (Å²) < 4.78 is 5.17. The van der Waals surface area contributed by atoms with Crippen molar-refractivity contribution in [2.75, 3.05) is 23.0 Å². The van der Waals surface area contributed by atoms with Crippen molar-refractivity contribution < 1.29 is 19.4 Å². The first-order valence-electron chi connectivity index (χ1n) is 13.4. The van der Waals surface area contributed by atoms with Crippen LogP contribution in [0.25, 0.3) is 0 Å². The minimum absolute atomic E-state index is 0.0650. The molecule has 0 fully saturated rings. The van der Waals surface area contributed by atoms with Crippen molar-refractivity contribution in [2.24, 2.45) is 11.5 Å². The number of nitrogens with zero attached hydrogens (tertiary/aromatic N) is 2. The second-order valence-electron chi connectivity index (χ2n) is 9.06. The molecule has 4 N–H and O–H groups in total. The van der Waals surface area contributed by atoms with E-state index in [1.807, 2.05) is 0 Å². The van der Waals surface area contributed by atoms with E-state index in [9.17, 15) is 29.8 Å². The van der Waals surface area contributed by atoms with Crippen LogP contribution in [-0.2, 0) is 22.4 Å². The molecule has 0 saturated heterocycles. The van der Waals surface area contributed by atoms with Crippen molar-refractivity contribution in [2.45, 2.75) is 25.7 Å². The Morgan fingerprint density at radius 3 is 1.63 bits per heavy atom. The topological polar surface area (TPSA) is 172 Å². The Bertz CT molecular complexity index is 1450. The molecule has 0 bridgehead atoms. The van der Waals surface area contributed by atoms with Crippen molar-refractivity contribution in [1.82, 2.24) is 0 Å². The Kier molecular flexibility index (Phi) is 17.3. The smallest absolute Gasteiger partial charge is 0.269 e. The largest absolute Gasteiger partial charge is 0.370 e. The van der Waals surface area contributed by atoms with Crippen LogP contribution >= 0.6 is 92.2 Å². The fourth-order valence-electron chi connectivity index (χ4n) is 3.35. The van der Waals surface area contributed by atoms with Crippen molar-refractivity contribution >= 4 is 115 Å². The molecular weight excluding hydrogens is 745 g/mol. The molecule has 0 atom stereocenters. The van der Waals surface area contributed by atoms with Crippen LogP contribution in [0.15, 0.2) is 76.3 Å². The zero-order valence-corrected chi connectivity index (χ0v) is 30.8. The number of benzene rings is 2. The zero-order chi connectivity index (χ0) is 33.5. The van der Waals surface area contributed by atoms with E-state index >= 15 is 0 Å². The molecule has 0 aliphatic carbocycles. The normalized spacial score (nSPS) is 12.7. The molecular formula is C28H30N4O6S8. The fourth-order valence-corrected chi connectivity index (χ4v) is 14.8. The van der Waals surface area contributed by atoms with Gasteiger partial charge in [0.1, 0.15) is 0 Å². The number of hydrogen-bond acceptors (Lipinski definition) is 14. The van der Waals surface area contributed by atoms with Crippen molar-refractivity contribution in [1.29, 1.82) is 0 Å². The van der Waals surface area contributed by atoms with Crippen LogP contribution in [0.2, 0.25) is 0 Å². The number of carbonyl (C=O) groups excluding carboxylic acids is 2. The lowest BCUT2D eigenvalue weighted by Crippen LogP contribution is -2.11. The molecule has 1 heterocycles. The Balaban J connectivity index is 1.67. The lowest BCUT2D eigenvalue weighted by molar-refractivity contribution is -0.385. The summed E-state index contributed by atoms with van der Waals surface area (Å²) in [4.78, 5) is 43.8. The zero-order valence-electron chi connectivity index (χ0n) is 24.2. The Morgan fingerprint density at radius 1 is 0.739 bits per heavy atom. The van der Waals surface area contributed by atoms with Crippen molar-refractivity contribution in [3.8, 4) is 0 Å². The van der Waals surface area contributed by atoms with E-state index in [0.717, 1.165) is 56.7 Å². The molecule has 18 heteroatoms. The van der Waals surface area contributed by atoms with Crippen LogP contribution < -0.4 is 11.5 Å². The predicted molar refractivity (Wildman–Crippen MR) is 205 cm³/mol. The number of primary amides is 2. The lowest BCUT2D eigenvalue weighted by Gasteiger charge is -2.12. The SMILES string of the molecule is C=C(SCCc1ccc([N+](=O)[O-])cc1)SC(SSCCc1ccc([N+](=O)[O-])cc1)=C1SC(SCCC(N)=O)=C(SCCC(N)=O)S1. The van der Waals surface area contributed by atoms with Crippen molar-refractivity contribution in [3.05, 3.63) is 108 Å². The second kappa shape index (κ2) is 20.5. The molecule has 0 unspecified atom stereocenters. The standard InChI is InChI=1S/C28H30N4O6S8/c1-18(39-14-10-19-2-6-21(7-3-19)31(35)36)43-28(46-42-17-11-20-4-8-22(9-5-20)32(37)38)27-44-25(40-15-12-23(29)33)26(45-27)41-16-13-24(30)34/h2-9H,1,10-17H2,(H2,29,33)(H2,30,34). The molecule has 2 aromatic carbocycles. The molecule has 2 amide bonds. The van der Waals surface area contributed by atoms with Crippen LogP contribution in [0, 0.1) is 20.2 Å². The van der Waals surface area contributed by atoms with E-state index in [1.165, 1.54) is 24.3 Å². The highest BCUT2D eigenvalue weighted by molar-refractivity contribution is 8.80. The van der Waals surface area contributed by atoms with Crippen molar-refractivity contribution in [3.63, 3.8) is 0 Å². The molecule has 2 aromatic rings. The molecule has 1 aliphatic heterocycles. The summed E-state index contributed by atoms with van der Waals surface area (Å²) in [6, 6.07) is 13.1. The maximum Gasteiger partial charge on any atom is 0.269 e. The highest BCUT2D eigenvalue weighted by Gasteiger charge is 2.26. The maximum atomic E-state index is 11.3. The molecule has 3 rings (SSSR count). The van der Waals surface area contributed by atoms with Gasteiger partial charge in [0.2, 0.25) is 11.8 Å². The first kappa shape index (κ1) is 38.6. The van der Waals surface area contributed by atoms with E-state index < -0.39 is 9.85 Å². The summed E-state index contributed by atoms with van der Waals surface area (Å²) in [5.41, 5.74) is 12.9. The average Bonchev–Trinajstić information content (AvgIpc) is 3.41. The Labute approximate surface area is 300 Å². The third-order valence-corrected chi connectivity index (χ3v) is 16.6. The first-order chi connectivity index (χ1) is 22.0. The molecule has 246 valence electrons. The number of thioether (sulfide) groups is 6. The Morgan fingerprint density at radius 2 is 1.20 bits per heavy atom. The van der Waals surface area contributed by atoms with Crippen LogP contribution in [0.5, 0.6) is 0 Å². The molecule has 0 spiro atoms. The first-order valence-corrected chi connectivity index (χ1v) is 21.2.